The Balaban J connectivity index is 1.49. The molecule has 0 bridgehead atoms. The van der Waals surface area contributed by atoms with Crippen LogP contribution in [0.25, 0.3) is 0 Å². The van der Waals surface area contributed by atoms with E-state index in [0.717, 1.165) is 13.0 Å². The minimum absolute atomic E-state index is 0.0264. The highest BCUT2D eigenvalue weighted by Crippen LogP contribution is 2.30. The molecule has 7 heteroatoms. The van der Waals surface area contributed by atoms with Crippen molar-refractivity contribution in [3.8, 4) is 0 Å². The molecule has 3 unspecified atom stereocenters. The molecule has 4 rings (SSSR count). The van der Waals surface area contributed by atoms with Crippen LogP contribution in [0, 0.1) is 0 Å². The fraction of sp³-hybridized carbons (Fsp3) is 0.478. The van der Waals surface area contributed by atoms with E-state index in [-0.39, 0.29) is 29.7 Å². The van der Waals surface area contributed by atoms with Gasteiger partial charge in [-0.2, -0.15) is 0 Å². The lowest BCUT2D eigenvalue weighted by Crippen LogP contribution is -2.47. The summed E-state index contributed by atoms with van der Waals surface area (Å²) in [7, 11) is 1.86. The number of nitrogens with zero attached hydrogens (tertiary/aromatic N) is 2. The SMILES string of the molecule is CNC1CC(C(=O)N2CC[C@@H](c3ccccc3)C2)N(C(=O)c2ccc(C(C)N)o2)C1. The standard InChI is InChI=1S/C23H30N4O3/c1-15(24)20-8-9-21(30-20)23(29)27-14-18(25-2)12-19(27)22(28)26-11-10-17(13-26)16-6-4-3-5-7-16/h3-9,15,17-19,25H,10-14,24H2,1-2H3/t15?,17-,18?,19?/m1/s1. The number of carbonyl (C=O) groups excluding carboxylic acids is 2. The van der Waals surface area contributed by atoms with Crippen LogP contribution in [0.1, 0.15) is 53.6 Å². The lowest BCUT2D eigenvalue weighted by Gasteiger charge is -2.27. The molecule has 0 saturated carbocycles. The molecule has 0 radical (unpaired) electrons. The molecule has 4 atom stereocenters. The first-order valence-electron chi connectivity index (χ1n) is 10.6. The summed E-state index contributed by atoms with van der Waals surface area (Å²) in [6, 6.07) is 13.0. The average Bonchev–Trinajstić information content (AvgIpc) is 3.52. The van der Waals surface area contributed by atoms with Crippen LogP contribution in [0.15, 0.2) is 46.9 Å². The van der Waals surface area contributed by atoms with Gasteiger partial charge in [-0.15, -0.1) is 0 Å². The van der Waals surface area contributed by atoms with E-state index in [1.807, 2.05) is 37.1 Å². The Kier molecular flexibility index (Phi) is 5.92. The summed E-state index contributed by atoms with van der Waals surface area (Å²) in [5.41, 5.74) is 7.12. The molecule has 2 aliphatic rings. The monoisotopic (exact) mass is 410 g/mol. The number of nitrogens with two attached hydrogens (primary N) is 1. The number of nitrogens with one attached hydrogen (secondary N) is 1. The second-order valence-corrected chi connectivity index (χ2v) is 8.37. The van der Waals surface area contributed by atoms with Crippen LogP contribution >= 0.6 is 0 Å². The first kappa shape index (κ1) is 20.6. The van der Waals surface area contributed by atoms with Gasteiger partial charge in [0, 0.05) is 31.6 Å². The molecule has 160 valence electrons. The van der Waals surface area contributed by atoms with Gasteiger partial charge in [-0.25, -0.2) is 0 Å². The maximum absolute atomic E-state index is 13.4. The van der Waals surface area contributed by atoms with E-state index in [9.17, 15) is 9.59 Å². The number of likely N-dealkylation sites (N-methyl/N-ethyl adjacent to an activating group) is 1. The second-order valence-electron chi connectivity index (χ2n) is 8.37. The summed E-state index contributed by atoms with van der Waals surface area (Å²) in [4.78, 5) is 30.1. The Labute approximate surface area is 177 Å². The molecular formula is C23H30N4O3. The van der Waals surface area contributed by atoms with Gasteiger partial charge in [-0.3, -0.25) is 9.59 Å². The summed E-state index contributed by atoms with van der Waals surface area (Å²) in [6.07, 6.45) is 1.55. The molecular weight excluding hydrogens is 380 g/mol. The van der Waals surface area contributed by atoms with Gasteiger partial charge in [0.1, 0.15) is 11.8 Å². The number of benzene rings is 1. The number of hydrogen-bond donors (Lipinski definition) is 2. The first-order chi connectivity index (χ1) is 14.5. The minimum atomic E-state index is -0.478. The van der Waals surface area contributed by atoms with E-state index >= 15 is 0 Å². The average molecular weight is 411 g/mol. The van der Waals surface area contributed by atoms with E-state index in [1.54, 1.807) is 17.0 Å². The molecule has 3 N–H and O–H groups in total. The number of carbonyl (C=O) groups is 2. The number of hydrogen-bond acceptors (Lipinski definition) is 5. The minimum Gasteiger partial charge on any atom is -0.454 e. The highest BCUT2D eigenvalue weighted by atomic mass is 16.4. The molecule has 30 heavy (non-hydrogen) atoms. The van der Waals surface area contributed by atoms with Gasteiger partial charge in [0.25, 0.3) is 5.91 Å². The van der Waals surface area contributed by atoms with Crippen molar-refractivity contribution in [1.82, 2.24) is 15.1 Å². The van der Waals surface area contributed by atoms with Crippen LogP contribution in [0.4, 0.5) is 0 Å². The molecule has 0 aliphatic carbocycles. The third-order valence-corrected chi connectivity index (χ3v) is 6.31. The lowest BCUT2D eigenvalue weighted by atomic mass is 9.99. The van der Waals surface area contributed by atoms with Gasteiger partial charge in [0.15, 0.2) is 5.76 Å². The highest BCUT2D eigenvalue weighted by molar-refractivity contribution is 5.96. The van der Waals surface area contributed by atoms with Crippen molar-refractivity contribution in [3.63, 3.8) is 0 Å². The van der Waals surface area contributed by atoms with Gasteiger partial charge in [-0.1, -0.05) is 30.3 Å². The van der Waals surface area contributed by atoms with Crippen molar-refractivity contribution in [2.24, 2.45) is 5.73 Å². The van der Waals surface area contributed by atoms with Crippen molar-refractivity contribution >= 4 is 11.8 Å². The largest absolute Gasteiger partial charge is 0.454 e. The zero-order valence-electron chi connectivity index (χ0n) is 17.6. The molecule has 3 heterocycles. The number of amides is 2. The molecule has 7 nitrogen and oxygen atoms in total. The molecule has 2 fully saturated rings. The van der Waals surface area contributed by atoms with Crippen molar-refractivity contribution in [2.75, 3.05) is 26.7 Å². The zero-order valence-corrected chi connectivity index (χ0v) is 17.6. The summed E-state index contributed by atoms with van der Waals surface area (Å²) in [5.74, 6) is 0.922. The fourth-order valence-corrected chi connectivity index (χ4v) is 4.53. The number of furan rings is 1. The van der Waals surface area contributed by atoms with E-state index in [1.165, 1.54) is 5.56 Å². The Morgan fingerprint density at radius 3 is 2.60 bits per heavy atom. The second kappa shape index (κ2) is 8.62. The van der Waals surface area contributed by atoms with Crippen LogP contribution in [0.3, 0.4) is 0 Å². The molecule has 1 aromatic carbocycles. The zero-order chi connectivity index (χ0) is 21.3. The molecule has 2 amide bonds. The predicted octanol–water partition coefficient (Wildman–Crippen LogP) is 2.12. The van der Waals surface area contributed by atoms with E-state index in [0.29, 0.717) is 31.2 Å². The summed E-state index contributed by atoms with van der Waals surface area (Å²) in [6.45, 7) is 3.71. The van der Waals surface area contributed by atoms with E-state index in [4.69, 9.17) is 10.2 Å². The normalized spacial score (nSPS) is 25.0. The van der Waals surface area contributed by atoms with Gasteiger partial charge in [-0.05, 0) is 44.5 Å². The fourth-order valence-electron chi connectivity index (χ4n) is 4.53. The molecule has 2 saturated heterocycles. The summed E-state index contributed by atoms with van der Waals surface area (Å²) >= 11 is 0. The maximum Gasteiger partial charge on any atom is 0.290 e. The van der Waals surface area contributed by atoms with Crippen LogP contribution in [-0.2, 0) is 4.79 Å². The number of likely N-dealkylation sites (tertiary alicyclic amines) is 2. The van der Waals surface area contributed by atoms with Gasteiger partial charge in [0.2, 0.25) is 5.91 Å². The van der Waals surface area contributed by atoms with Crippen LogP contribution in [0.2, 0.25) is 0 Å². The first-order valence-corrected chi connectivity index (χ1v) is 10.6. The topological polar surface area (TPSA) is 91.8 Å². The molecule has 1 aromatic heterocycles. The molecule has 2 aliphatic heterocycles. The quantitative estimate of drug-likeness (QED) is 0.788. The van der Waals surface area contributed by atoms with Gasteiger partial charge < -0.3 is 25.3 Å². The Morgan fingerprint density at radius 2 is 1.93 bits per heavy atom. The Hall–Kier alpha value is -2.64. The molecule has 0 spiro atoms. The third kappa shape index (κ3) is 4.00. The van der Waals surface area contributed by atoms with Gasteiger partial charge >= 0.3 is 0 Å². The highest BCUT2D eigenvalue weighted by Gasteiger charge is 2.43. The number of rotatable bonds is 5. The molecule has 2 aromatic rings. The maximum atomic E-state index is 13.4. The van der Waals surface area contributed by atoms with E-state index < -0.39 is 6.04 Å². The van der Waals surface area contributed by atoms with Crippen molar-refractivity contribution in [1.29, 1.82) is 0 Å². The van der Waals surface area contributed by atoms with Crippen molar-refractivity contribution in [2.45, 2.75) is 43.8 Å². The van der Waals surface area contributed by atoms with Crippen molar-refractivity contribution < 1.29 is 14.0 Å². The Bertz CT molecular complexity index is 895. The van der Waals surface area contributed by atoms with Crippen molar-refractivity contribution in [3.05, 3.63) is 59.5 Å². The summed E-state index contributed by atoms with van der Waals surface area (Å²) in [5, 5.41) is 3.22. The van der Waals surface area contributed by atoms with Crippen LogP contribution < -0.4 is 11.1 Å². The predicted molar refractivity (Wildman–Crippen MR) is 114 cm³/mol. The third-order valence-electron chi connectivity index (χ3n) is 6.31. The van der Waals surface area contributed by atoms with Gasteiger partial charge in [0.05, 0.1) is 6.04 Å². The lowest BCUT2D eigenvalue weighted by molar-refractivity contribution is -0.134. The van der Waals surface area contributed by atoms with Crippen LogP contribution in [-0.4, -0.2) is 60.4 Å². The smallest absolute Gasteiger partial charge is 0.290 e. The Morgan fingerprint density at radius 1 is 1.17 bits per heavy atom. The van der Waals surface area contributed by atoms with E-state index in [2.05, 4.69) is 17.4 Å². The van der Waals surface area contributed by atoms with Crippen LogP contribution in [0.5, 0.6) is 0 Å². The summed E-state index contributed by atoms with van der Waals surface area (Å²) < 4.78 is 5.66.